The Morgan fingerprint density at radius 2 is 1.50 bits per heavy atom. The van der Waals surface area contributed by atoms with Gasteiger partial charge >= 0.3 is 0 Å². The maximum atomic E-state index is 13.7. The molecule has 2 heterocycles. The van der Waals surface area contributed by atoms with E-state index in [0.717, 1.165) is 51.8 Å². The zero-order valence-corrected chi connectivity index (χ0v) is 24.6. The van der Waals surface area contributed by atoms with Gasteiger partial charge in [-0.15, -0.1) is 0 Å². The zero-order valence-electron chi connectivity index (χ0n) is 23.8. The van der Waals surface area contributed by atoms with E-state index in [9.17, 15) is 9.59 Å². The summed E-state index contributed by atoms with van der Waals surface area (Å²) in [6.45, 7) is 5.36. The van der Waals surface area contributed by atoms with Crippen molar-refractivity contribution in [1.82, 2.24) is 4.90 Å². The Balaban J connectivity index is 1.16. The van der Waals surface area contributed by atoms with Crippen molar-refractivity contribution in [2.45, 2.75) is 18.4 Å². The number of aryl methyl sites for hydroxylation is 1. The molecule has 2 aliphatic heterocycles. The van der Waals surface area contributed by atoms with E-state index in [2.05, 4.69) is 36.1 Å². The number of para-hydroxylation sites is 3. The fourth-order valence-corrected chi connectivity index (χ4v) is 6.53. The highest BCUT2D eigenvalue weighted by atomic mass is 32.2. The number of thioether (sulfide) groups is 1. The van der Waals surface area contributed by atoms with Crippen LogP contribution >= 0.6 is 11.8 Å². The summed E-state index contributed by atoms with van der Waals surface area (Å²) in [5, 5.41) is 0. The molecule has 1 fully saturated rings. The van der Waals surface area contributed by atoms with E-state index in [1.807, 2.05) is 88.7 Å². The highest BCUT2D eigenvalue weighted by molar-refractivity contribution is 8.04. The minimum atomic E-state index is -0.0185. The number of rotatable bonds is 6. The van der Waals surface area contributed by atoms with Gasteiger partial charge in [-0.1, -0.05) is 72.4 Å². The molecule has 0 unspecified atom stereocenters. The Hall–Kier alpha value is -4.49. The lowest BCUT2D eigenvalue weighted by atomic mass is 10.1. The van der Waals surface area contributed by atoms with Gasteiger partial charge in [0.15, 0.2) is 0 Å². The first-order chi connectivity index (χ1) is 20.5. The van der Waals surface area contributed by atoms with Crippen molar-refractivity contribution in [2.24, 2.45) is 0 Å². The van der Waals surface area contributed by atoms with E-state index < -0.39 is 0 Å². The number of benzene rings is 4. The number of carbonyl (C=O) groups excluding carboxylic acids is 2. The SMILES string of the molecule is COc1ccccc1N1CCN(C(=O)c2ccc(/C=C3/Sc4ccccc4N(Cc4ccccc4C)C3=O)cc2)CC1. The molecule has 0 N–H and O–H groups in total. The predicted molar refractivity (Wildman–Crippen MR) is 170 cm³/mol. The zero-order chi connectivity index (χ0) is 29.1. The Morgan fingerprint density at radius 3 is 2.24 bits per heavy atom. The first-order valence-corrected chi connectivity index (χ1v) is 15.0. The number of methoxy groups -OCH3 is 1. The van der Waals surface area contributed by atoms with Crippen molar-refractivity contribution >= 4 is 41.0 Å². The number of hydrogen-bond acceptors (Lipinski definition) is 5. The van der Waals surface area contributed by atoms with E-state index in [0.29, 0.717) is 30.1 Å². The number of anilines is 2. The molecule has 0 atom stereocenters. The van der Waals surface area contributed by atoms with Gasteiger partial charge in [0.05, 0.1) is 29.9 Å². The van der Waals surface area contributed by atoms with E-state index in [1.54, 1.807) is 7.11 Å². The molecule has 1 saturated heterocycles. The molecule has 4 aromatic carbocycles. The molecule has 0 aliphatic carbocycles. The smallest absolute Gasteiger partial charge is 0.265 e. The summed E-state index contributed by atoms with van der Waals surface area (Å²) < 4.78 is 5.52. The van der Waals surface area contributed by atoms with Crippen LogP contribution in [0.2, 0.25) is 0 Å². The lowest BCUT2D eigenvalue weighted by molar-refractivity contribution is -0.114. The van der Waals surface area contributed by atoms with Crippen molar-refractivity contribution in [1.29, 1.82) is 0 Å². The van der Waals surface area contributed by atoms with Crippen LogP contribution in [-0.4, -0.2) is 50.0 Å². The first kappa shape index (κ1) is 27.7. The Morgan fingerprint density at radius 1 is 0.833 bits per heavy atom. The third-order valence-corrected chi connectivity index (χ3v) is 8.95. The Kier molecular flexibility index (Phi) is 8.02. The summed E-state index contributed by atoms with van der Waals surface area (Å²) in [6.07, 6.45) is 1.92. The van der Waals surface area contributed by atoms with Crippen LogP contribution in [0, 0.1) is 6.92 Å². The van der Waals surface area contributed by atoms with Crippen molar-refractivity contribution < 1.29 is 14.3 Å². The Bertz CT molecular complexity index is 1640. The lowest BCUT2D eigenvalue weighted by Gasteiger charge is -2.36. The average molecular weight is 576 g/mol. The lowest BCUT2D eigenvalue weighted by Crippen LogP contribution is -2.48. The number of carbonyl (C=O) groups is 2. The van der Waals surface area contributed by atoms with E-state index >= 15 is 0 Å². The van der Waals surface area contributed by atoms with Gasteiger partial charge in [0, 0.05) is 36.6 Å². The fraction of sp³-hybridized carbons (Fsp3) is 0.200. The molecular weight excluding hydrogens is 542 g/mol. The molecule has 0 bridgehead atoms. The van der Waals surface area contributed by atoms with E-state index in [1.165, 1.54) is 11.8 Å². The number of fused-ring (bicyclic) bond motifs is 1. The van der Waals surface area contributed by atoms with Crippen LogP contribution in [0.25, 0.3) is 6.08 Å². The number of amides is 2. The van der Waals surface area contributed by atoms with Crippen molar-refractivity contribution in [3.05, 3.63) is 124 Å². The molecule has 0 aromatic heterocycles. The number of hydrogen-bond donors (Lipinski definition) is 0. The summed E-state index contributed by atoms with van der Waals surface area (Å²) in [5.74, 6) is 0.851. The number of piperazine rings is 1. The molecule has 0 saturated carbocycles. The average Bonchev–Trinajstić information content (AvgIpc) is 3.04. The molecule has 7 heteroatoms. The van der Waals surface area contributed by atoms with E-state index in [4.69, 9.17) is 4.74 Å². The molecule has 6 nitrogen and oxygen atoms in total. The molecule has 0 radical (unpaired) electrons. The number of nitrogens with zero attached hydrogens (tertiary/aromatic N) is 3. The Labute approximate surface area is 251 Å². The van der Waals surface area contributed by atoms with Crippen LogP contribution in [0.3, 0.4) is 0 Å². The standard InChI is InChI=1S/C35H33N3O3S/c1-25-9-3-4-10-28(25)24-38-30-12-6-8-14-32(30)42-33(35(38)40)23-26-15-17-27(18-16-26)34(39)37-21-19-36(20-22-37)29-11-5-7-13-31(29)41-2/h3-18,23H,19-22,24H2,1-2H3/b33-23+. The third-order valence-electron chi connectivity index (χ3n) is 7.87. The first-order valence-electron chi connectivity index (χ1n) is 14.1. The van der Waals surface area contributed by atoms with Crippen LogP contribution in [-0.2, 0) is 11.3 Å². The second-order valence-electron chi connectivity index (χ2n) is 10.5. The molecule has 2 amide bonds. The molecule has 4 aromatic rings. The minimum absolute atomic E-state index is 0.0185. The maximum absolute atomic E-state index is 13.7. The number of ether oxygens (including phenoxy) is 1. The van der Waals surface area contributed by atoms with E-state index in [-0.39, 0.29) is 11.8 Å². The second-order valence-corrected chi connectivity index (χ2v) is 11.6. The molecule has 0 spiro atoms. The van der Waals surface area contributed by atoms with Gasteiger partial charge in [0.25, 0.3) is 11.8 Å². The van der Waals surface area contributed by atoms with Crippen LogP contribution in [0.5, 0.6) is 5.75 Å². The highest BCUT2D eigenvalue weighted by Gasteiger charge is 2.29. The summed E-state index contributed by atoms with van der Waals surface area (Å²) >= 11 is 1.49. The molecule has 2 aliphatic rings. The van der Waals surface area contributed by atoms with Crippen molar-refractivity contribution in [3.8, 4) is 5.75 Å². The summed E-state index contributed by atoms with van der Waals surface area (Å²) in [6, 6.07) is 31.8. The quantitative estimate of drug-likeness (QED) is 0.241. The predicted octanol–water partition coefficient (Wildman–Crippen LogP) is 6.65. The fourth-order valence-electron chi connectivity index (χ4n) is 5.47. The van der Waals surface area contributed by atoms with Crippen LogP contribution in [0.15, 0.2) is 107 Å². The summed E-state index contributed by atoms with van der Waals surface area (Å²) in [5.41, 5.74) is 5.81. The van der Waals surface area contributed by atoms with Crippen LogP contribution in [0.4, 0.5) is 11.4 Å². The van der Waals surface area contributed by atoms with Gasteiger partial charge < -0.3 is 19.4 Å². The molecular formula is C35H33N3O3S. The second kappa shape index (κ2) is 12.2. The van der Waals surface area contributed by atoms with Crippen LogP contribution in [0.1, 0.15) is 27.0 Å². The van der Waals surface area contributed by atoms with Crippen molar-refractivity contribution in [3.63, 3.8) is 0 Å². The van der Waals surface area contributed by atoms with Gasteiger partial charge in [0.2, 0.25) is 0 Å². The molecule has 212 valence electrons. The molecule has 6 rings (SSSR count). The largest absolute Gasteiger partial charge is 0.495 e. The van der Waals surface area contributed by atoms with Crippen molar-refractivity contribution in [2.75, 3.05) is 43.1 Å². The van der Waals surface area contributed by atoms with Gasteiger partial charge in [0.1, 0.15) is 5.75 Å². The van der Waals surface area contributed by atoms with Gasteiger partial charge in [-0.25, -0.2) is 0 Å². The van der Waals surface area contributed by atoms with Gasteiger partial charge in [-0.05, 0) is 66.1 Å². The topological polar surface area (TPSA) is 53.1 Å². The highest BCUT2D eigenvalue weighted by Crippen LogP contribution is 2.42. The van der Waals surface area contributed by atoms with Gasteiger partial charge in [-0.3, -0.25) is 9.59 Å². The van der Waals surface area contributed by atoms with Gasteiger partial charge in [-0.2, -0.15) is 0 Å². The maximum Gasteiger partial charge on any atom is 0.265 e. The van der Waals surface area contributed by atoms with Crippen LogP contribution < -0.4 is 14.5 Å². The molecule has 42 heavy (non-hydrogen) atoms. The monoisotopic (exact) mass is 575 g/mol. The summed E-state index contributed by atoms with van der Waals surface area (Å²) in [7, 11) is 1.68. The third kappa shape index (κ3) is 5.65. The normalized spacial score (nSPS) is 16.0. The minimum Gasteiger partial charge on any atom is -0.495 e. The summed E-state index contributed by atoms with van der Waals surface area (Å²) in [4.78, 5) is 34.8.